The third-order valence-corrected chi connectivity index (χ3v) is 5.71. The average molecular weight is 519 g/mol. The highest BCUT2D eigenvalue weighted by Gasteiger charge is 2.11. The number of rotatable bonds is 15. The monoisotopic (exact) mass is 518 g/mol. The van der Waals surface area contributed by atoms with Crippen molar-refractivity contribution < 1.29 is 29.0 Å². The first-order valence-electron chi connectivity index (χ1n) is 11.4. The molecule has 1 N–H and O–H groups in total. The lowest BCUT2D eigenvalue weighted by Crippen LogP contribution is -2.10. The van der Waals surface area contributed by atoms with Crippen molar-refractivity contribution in [1.29, 1.82) is 0 Å². The second kappa shape index (κ2) is 15.2. The lowest BCUT2D eigenvalue weighted by molar-refractivity contribution is -0.134. The van der Waals surface area contributed by atoms with Gasteiger partial charge in [-0.05, 0) is 61.4 Å². The van der Waals surface area contributed by atoms with E-state index in [4.69, 9.17) is 14.6 Å². The maximum Gasteiger partial charge on any atom is 0.343 e. The van der Waals surface area contributed by atoms with Crippen LogP contribution in [0.2, 0.25) is 0 Å². The zero-order chi connectivity index (χ0) is 23.9. The van der Waals surface area contributed by atoms with Crippen molar-refractivity contribution in [2.24, 2.45) is 0 Å². The van der Waals surface area contributed by atoms with Gasteiger partial charge in [0.1, 0.15) is 11.5 Å². The molecule has 0 saturated carbocycles. The Morgan fingerprint density at radius 2 is 1.09 bits per heavy atom. The van der Waals surface area contributed by atoms with Crippen LogP contribution in [0.15, 0.2) is 48.5 Å². The van der Waals surface area contributed by atoms with Crippen molar-refractivity contribution in [2.45, 2.75) is 64.2 Å². The van der Waals surface area contributed by atoms with Crippen molar-refractivity contribution in [3.05, 3.63) is 59.7 Å². The van der Waals surface area contributed by atoms with Gasteiger partial charge in [-0.25, -0.2) is 9.59 Å². The zero-order valence-electron chi connectivity index (χ0n) is 18.8. The van der Waals surface area contributed by atoms with Gasteiger partial charge in [0.25, 0.3) is 0 Å². The van der Waals surface area contributed by atoms with Gasteiger partial charge in [0.05, 0.1) is 11.1 Å². The Labute approximate surface area is 203 Å². The molecular formula is C26H31BrO6. The molecule has 0 saturated heterocycles. The summed E-state index contributed by atoms with van der Waals surface area (Å²) in [5.74, 6) is -1.29. The molecular weight excluding hydrogens is 488 g/mol. The van der Waals surface area contributed by atoms with E-state index in [0.717, 1.165) is 24.6 Å². The number of carbonyl (C=O) groups excluding carboxylic acids is 2. The summed E-state index contributed by atoms with van der Waals surface area (Å²) in [6, 6.07) is 11.7. The Hall–Kier alpha value is -2.67. The highest BCUT2D eigenvalue weighted by molar-refractivity contribution is 9.09. The van der Waals surface area contributed by atoms with Crippen LogP contribution in [-0.2, 0) is 4.79 Å². The van der Waals surface area contributed by atoms with Crippen molar-refractivity contribution >= 4 is 33.8 Å². The molecule has 0 aromatic heterocycles. The SMILES string of the molecule is O=C(CCCCCCCCCCCBr)Oc1ccc(C(=O)Oc2ccc(C(=O)O)cc2)cc1. The Balaban J connectivity index is 1.64. The van der Waals surface area contributed by atoms with E-state index in [9.17, 15) is 14.4 Å². The lowest BCUT2D eigenvalue weighted by Gasteiger charge is -2.07. The number of benzene rings is 2. The molecule has 7 heteroatoms. The molecule has 0 heterocycles. The first-order valence-corrected chi connectivity index (χ1v) is 12.5. The Morgan fingerprint density at radius 1 is 0.636 bits per heavy atom. The third-order valence-electron chi connectivity index (χ3n) is 5.15. The van der Waals surface area contributed by atoms with Crippen LogP contribution in [-0.4, -0.2) is 28.3 Å². The molecule has 0 bridgehead atoms. The fourth-order valence-corrected chi connectivity index (χ4v) is 3.67. The van der Waals surface area contributed by atoms with Gasteiger partial charge in [-0.2, -0.15) is 0 Å². The van der Waals surface area contributed by atoms with E-state index in [-0.39, 0.29) is 17.3 Å². The number of halogens is 1. The van der Waals surface area contributed by atoms with Crippen LogP contribution in [0.1, 0.15) is 84.9 Å². The Morgan fingerprint density at radius 3 is 1.61 bits per heavy atom. The van der Waals surface area contributed by atoms with Crippen molar-refractivity contribution in [2.75, 3.05) is 5.33 Å². The van der Waals surface area contributed by atoms with E-state index in [1.807, 2.05) is 0 Å². The summed E-state index contributed by atoms with van der Waals surface area (Å²) in [5, 5.41) is 9.99. The minimum atomic E-state index is -1.05. The lowest BCUT2D eigenvalue weighted by atomic mass is 10.1. The number of hydrogen-bond acceptors (Lipinski definition) is 5. The molecule has 0 fully saturated rings. The molecule has 0 spiro atoms. The summed E-state index contributed by atoms with van der Waals surface area (Å²) in [5.41, 5.74) is 0.404. The normalized spacial score (nSPS) is 10.6. The molecule has 178 valence electrons. The van der Waals surface area contributed by atoms with Crippen molar-refractivity contribution in [1.82, 2.24) is 0 Å². The minimum absolute atomic E-state index is 0.109. The van der Waals surface area contributed by atoms with Crippen molar-refractivity contribution in [3.8, 4) is 11.5 Å². The molecule has 0 aliphatic rings. The molecule has 0 aliphatic carbocycles. The largest absolute Gasteiger partial charge is 0.478 e. The predicted molar refractivity (Wildman–Crippen MR) is 130 cm³/mol. The number of esters is 2. The highest BCUT2D eigenvalue weighted by Crippen LogP contribution is 2.18. The summed E-state index contributed by atoms with van der Waals surface area (Å²) in [6.45, 7) is 0. The fourth-order valence-electron chi connectivity index (χ4n) is 3.27. The van der Waals surface area contributed by atoms with Gasteiger partial charge in [0.2, 0.25) is 0 Å². The molecule has 0 radical (unpaired) electrons. The van der Waals surface area contributed by atoms with E-state index in [0.29, 0.717) is 17.7 Å². The zero-order valence-corrected chi connectivity index (χ0v) is 20.3. The minimum Gasteiger partial charge on any atom is -0.478 e. The topological polar surface area (TPSA) is 89.9 Å². The number of unbranched alkanes of at least 4 members (excludes halogenated alkanes) is 8. The maximum atomic E-state index is 12.2. The highest BCUT2D eigenvalue weighted by atomic mass is 79.9. The second-order valence-electron chi connectivity index (χ2n) is 7.84. The number of carboxylic acid groups (broad SMARTS) is 1. The Bertz CT molecular complexity index is 877. The number of carbonyl (C=O) groups is 3. The van der Waals surface area contributed by atoms with E-state index in [1.165, 1.54) is 74.9 Å². The van der Waals surface area contributed by atoms with Gasteiger partial charge >= 0.3 is 17.9 Å². The number of carboxylic acids is 1. The molecule has 2 rings (SSSR count). The standard InChI is InChI=1S/C26H31BrO6/c27-19-9-7-5-3-1-2-4-6-8-10-24(28)32-22-17-13-21(14-18-22)26(31)33-23-15-11-20(12-16-23)25(29)30/h11-18H,1-10,19H2,(H,29,30). The van der Waals surface area contributed by atoms with Crippen LogP contribution in [0.25, 0.3) is 0 Å². The second-order valence-corrected chi connectivity index (χ2v) is 8.63. The summed E-state index contributed by atoms with van der Waals surface area (Å²) in [7, 11) is 0. The number of alkyl halides is 1. The van der Waals surface area contributed by atoms with E-state index in [1.54, 1.807) is 12.1 Å². The van der Waals surface area contributed by atoms with Crippen LogP contribution in [0.3, 0.4) is 0 Å². The molecule has 6 nitrogen and oxygen atoms in total. The summed E-state index contributed by atoms with van der Waals surface area (Å²) < 4.78 is 10.6. The van der Waals surface area contributed by atoms with Gasteiger partial charge in [0, 0.05) is 11.8 Å². The summed E-state index contributed by atoms with van der Waals surface area (Å²) in [6.07, 6.45) is 11.0. The van der Waals surface area contributed by atoms with E-state index < -0.39 is 11.9 Å². The number of aromatic carboxylic acids is 1. The fraction of sp³-hybridized carbons (Fsp3) is 0.423. The molecule has 0 atom stereocenters. The number of ether oxygens (including phenoxy) is 2. The third kappa shape index (κ3) is 10.7. The van der Waals surface area contributed by atoms with Crippen LogP contribution < -0.4 is 9.47 Å². The van der Waals surface area contributed by atoms with E-state index in [2.05, 4.69) is 15.9 Å². The van der Waals surface area contributed by atoms with Crippen molar-refractivity contribution in [3.63, 3.8) is 0 Å². The van der Waals surface area contributed by atoms with Crippen LogP contribution in [0, 0.1) is 0 Å². The number of hydrogen-bond donors (Lipinski definition) is 1. The molecule has 2 aromatic carbocycles. The van der Waals surface area contributed by atoms with Gasteiger partial charge < -0.3 is 14.6 Å². The summed E-state index contributed by atoms with van der Waals surface area (Å²) in [4.78, 5) is 35.1. The molecule has 2 aromatic rings. The maximum absolute atomic E-state index is 12.2. The quantitative estimate of drug-likeness (QED) is 0.120. The average Bonchev–Trinajstić information content (AvgIpc) is 2.81. The summed E-state index contributed by atoms with van der Waals surface area (Å²) >= 11 is 3.45. The first kappa shape index (κ1) is 26.6. The van der Waals surface area contributed by atoms with Crippen LogP contribution in [0.5, 0.6) is 11.5 Å². The Kier molecular flexibility index (Phi) is 12.3. The van der Waals surface area contributed by atoms with Crippen LogP contribution in [0.4, 0.5) is 0 Å². The van der Waals surface area contributed by atoms with Gasteiger partial charge in [-0.1, -0.05) is 60.9 Å². The molecule has 0 amide bonds. The van der Waals surface area contributed by atoms with Gasteiger partial charge in [-0.15, -0.1) is 0 Å². The smallest absolute Gasteiger partial charge is 0.343 e. The predicted octanol–water partition coefficient (Wildman–Crippen LogP) is 6.81. The van der Waals surface area contributed by atoms with Gasteiger partial charge in [-0.3, -0.25) is 4.79 Å². The van der Waals surface area contributed by atoms with Gasteiger partial charge in [0.15, 0.2) is 0 Å². The van der Waals surface area contributed by atoms with E-state index >= 15 is 0 Å². The molecule has 0 aliphatic heterocycles. The first-order chi connectivity index (χ1) is 16.0. The van der Waals surface area contributed by atoms with Crippen LogP contribution >= 0.6 is 15.9 Å². The molecule has 0 unspecified atom stereocenters. The molecule has 33 heavy (non-hydrogen) atoms.